The first-order chi connectivity index (χ1) is 10.2. The number of benzene rings is 1. The molecule has 0 spiro atoms. The van der Waals surface area contributed by atoms with Crippen molar-refractivity contribution in [2.45, 2.75) is 6.54 Å². The van der Waals surface area contributed by atoms with E-state index in [0.29, 0.717) is 29.4 Å². The molecule has 0 atom stereocenters. The number of rotatable bonds is 5. The Morgan fingerprint density at radius 3 is 2.67 bits per heavy atom. The highest BCUT2D eigenvalue weighted by Gasteiger charge is 2.14. The third-order valence-corrected chi connectivity index (χ3v) is 2.95. The van der Waals surface area contributed by atoms with Crippen LogP contribution in [-0.2, 0) is 6.54 Å². The van der Waals surface area contributed by atoms with Crippen LogP contribution in [-0.4, -0.2) is 25.1 Å². The lowest BCUT2D eigenvalue weighted by molar-refractivity contribution is 0.0948. The number of nitrogens with zero attached hydrogens (tertiary/aromatic N) is 1. The second-order valence-electron chi connectivity index (χ2n) is 4.32. The van der Waals surface area contributed by atoms with Crippen LogP contribution in [0.5, 0.6) is 11.6 Å². The van der Waals surface area contributed by atoms with Crippen molar-refractivity contribution in [3.63, 3.8) is 0 Å². The van der Waals surface area contributed by atoms with Gasteiger partial charge in [-0.15, -0.1) is 0 Å². The van der Waals surface area contributed by atoms with E-state index in [1.54, 1.807) is 37.6 Å². The first-order valence-electron chi connectivity index (χ1n) is 6.35. The molecule has 0 unspecified atom stereocenters. The smallest absolute Gasteiger partial charge is 0.255 e. The highest BCUT2D eigenvalue weighted by atomic mass is 16.5. The van der Waals surface area contributed by atoms with Crippen LogP contribution in [0.15, 0.2) is 36.5 Å². The van der Waals surface area contributed by atoms with Gasteiger partial charge in [0.25, 0.3) is 5.91 Å². The monoisotopic (exact) mass is 287 g/mol. The molecule has 2 aromatic rings. The molecule has 0 aliphatic heterocycles. The molecule has 0 bridgehead atoms. The fourth-order valence-corrected chi connectivity index (χ4v) is 1.88. The second kappa shape index (κ2) is 6.60. The molecule has 0 aliphatic carbocycles. The molecule has 0 aliphatic rings. The molecule has 3 N–H and O–H groups in total. The standard InChI is InChI=1S/C15H17N3O3/c1-20-13-7-6-10(8-17-13)9-18-15(19)11-4-3-5-12(16)14(11)21-2/h3-8H,9,16H2,1-2H3,(H,18,19). The van der Waals surface area contributed by atoms with Gasteiger partial charge in [0.2, 0.25) is 5.88 Å². The number of nitrogens with two attached hydrogens (primary N) is 1. The SMILES string of the molecule is COc1ccc(CNC(=O)c2cccc(N)c2OC)cn1. The molecule has 0 radical (unpaired) electrons. The van der Waals surface area contributed by atoms with E-state index in [1.807, 2.05) is 6.07 Å². The van der Waals surface area contributed by atoms with Crippen molar-refractivity contribution in [2.75, 3.05) is 20.0 Å². The quantitative estimate of drug-likeness (QED) is 0.816. The third-order valence-electron chi connectivity index (χ3n) is 2.95. The van der Waals surface area contributed by atoms with Crippen molar-refractivity contribution in [3.05, 3.63) is 47.7 Å². The summed E-state index contributed by atoms with van der Waals surface area (Å²) in [5, 5.41) is 2.80. The molecule has 2 rings (SSSR count). The maximum atomic E-state index is 12.2. The van der Waals surface area contributed by atoms with Crippen LogP contribution in [0.3, 0.4) is 0 Å². The van der Waals surface area contributed by atoms with Crippen LogP contribution in [0.4, 0.5) is 5.69 Å². The Morgan fingerprint density at radius 2 is 2.05 bits per heavy atom. The predicted molar refractivity (Wildman–Crippen MR) is 79.4 cm³/mol. The molecule has 0 fully saturated rings. The lowest BCUT2D eigenvalue weighted by Crippen LogP contribution is -2.23. The molecule has 6 nitrogen and oxygen atoms in total. The largest absolute Gasteiger partial charge is 0.494 e. The number of amides is 1. The van der Waals surface area contributed by atoms with Gasteiger partial charge in [-0.25, -0.2) is 4.98 Å². The van der Waals surface area contributed by atoms with Crippen LogP contribution in [0.2, 0.25) is 0 Å². The first-order valence-corrected chi connectivity index (χ1v) is 6.35. The highest BCUT2D eigenvalue weighted by molar-refractivity contribution is 5.98. The van der Waals surface area contributed by atoms with E-state index in [1.165, 1.54) is 7.11 Å². The summed E-state index contributed by atoms with van der Waals surface area (Å²) in [6.07, 6.45) is 1.65. The lowest BCUT2D eigenvalue weighted by atomic mass is 10.1. The Kier molecular flexibility index (Phi) is 4.61. The molecule has 21 heavy (non-hydrogen) atoms. The topological polar surface area (TPSA) is 86.5 Å². The number of nitrogens with one attached hydrogen (secondary N) is 1. The first kappa shape index (κ1) is 14.6. The van der Waals surface area contributed by atoms with Crippen molar-refractivity contribution in [1.82, 2.24) is 10.3 Å². The number of nitrogen functional groups attached to an aromatic ring is 1. The minimum absolute atomic E-state index is 0.255. The van der Waals surface area contributed by atoms with Crippen molar-refractivity contribution in [2.24, 2.45) is 0 Å². The zero-order valence-corrected chi connectivity index (χ0v) is 11.9. The average molecular weight is 287 g/mol. The van der Waals surface area contributed by atoms with Gasteiger partial charge in [0.1, 0.15) is 0 Å². The summed E-state index contributed by atoms with van der Waals surface area (Å²) in [5.74, 6) is 0.653. The Hall–Kier alpha value is -2.76. The number of hydrogen-bond acceptors (Lipinski definition) is 5. The van der Waals surface area contributed by atoms with Gasteiger partial charge in [-0.2, -0.15) is 0 Å². The molecular weight excluding hydrogens is 270 g/mol. The summed E-state index contributed by atoms with van der Waals surface area (Å²) >= 11 is 0. The van der Waals surface area contributed by atoms with Crippen molar-refractivity contribution in [3.8, 4) is 11.6 Å². The maximum Gasteiger partial charge on any atom is 0.255 e. The van der Waals surface area contributed by atoms with Gasteiger partial charge in [0.05, 0.1) is 25.5 Å². The van der Waals surface area contributed by atoms with Crippen molar-refractivity contribution >= 4 is 11.6 Å². The Labute approximate surface area is 122 Å². The van der Waals surface area contributed by atoms with Gasteiger partial charge in [-0.3, -0.25) is 4.79 Å². The van der Waals surface area contributed by atoms with E-state index in [4.69, 9.17) is 15.2 Å². The number of pyridine rings is 1. The minimum atomic E-state index is -0.255. The summed E-state index contributed by atoms with van der Waals surface area (Å²) in [5.41, 5.74) is 7.48. The van der Waals surface area contributed by atoms with Crippen LogP contribution in [0.25, 0.3) is 0 Å². The number of ether oxygens (including phenoxy) is 2. The number of para-hydroxylation sites is 1. The number of methoxy groups -OCH3 is 2. The molecule has 6 heteroatoms. The maximum absolute atomic E-state index is 12.2. The van der Waals surface area contributed by atoms with E-state index in [-0.39, 0.29) is 5.91 Å². The van der Waals surface area contributed by atoms with Crippen LogP contribution >= 0.6 is 0 Å². The molecule has 1 amide bonds. The number of carbonyl (C=O) groups excluding carboxylic acids is 1. The molecule has 110 valence electrons. The van der Waals surface area contributed by atoms with Crippen LogP contribution < -0.4 is 20.5 Å². The summed E-state index contributed by atoms with van der Waals surface area (Å²) in [6.45, 7) is 0.355. The molecular formula is C15H17N3O3. The molecule has 1 aromatic carbocycles. The molecule has 1 heterocycles. The van der Waals surface area contributed by atoms with E-state index in [0.717, 1.165) is 5.56 Å². The summed E-state index contributed by atoms with van der Waals surface area (Å²) in [6, 6.07) is 8.63. The highest BCUT2D eigenvalue weighted by Crippen LogP contribution is 2.25. The fraction of sp³-hybridized carbons (Fsp3) is 0.200. The van der Waals surface area contributed by atoms with Crippen LogP contribution in [0, 0.1) is 0 Å². The Bertz CT molecular complexity index is 627. The Morgan fingerprint density at radius 1 is 1.24 bits per heavy atom. The van der Waals surface area contributed by atoms with Gasteiger partial charge in [-0.05, 0) is 17.7 Å². The van der Waals surface area contributed by atoms with E-state index in [2.05, 4.69) is 10.3 Å². The van der Waals surface area contributed by atoms with Gasteiger partial charge in [0.15, 0.2) is 5.75 Å². The van der Waals surface area contributed by atoms with Crippen molar-refractivity contribution in [1.29, 1.82) is 0 Å². The van der Waals surface area contributed by atoms with Gasteiger partial charge < -0.3 is 20.5 Å². The second-order valence-corrected chi connectivity index (χ2v) is 4.32. The van der Waals surface area contributed by atoms with Crippen LogP contribution in [0.1, 0.15) is 15.9 Å². The van der Waals surface area contributed by atoms with Crippen molar-refractivity contribution < 1.29 is 14.3 Å². The van der Waals surface area contributed by atoms with Gasteiger partial charge in [0, 0.05) is 18.8 Å². The number of anilines is 1. The molecule has 0 saturated heterocycles. The molecule has 1 aromatic heterocycles. The number of aromatic nitrogens is 1. The number of hydrogen-bond donors (Lipinski definition) is 2. The zero-order valence-electron chi connectivity index (χ0n) is 11.9. The molecule has 0 saturated carbocycles. The lowest BCUT2D eigenvalue weighted by Gasteiger charge is -2.11. The van der Waals surface area contributed by atoms with Gasteiger partial charge >= 0.3 is 0 Å². The normalized spacial score (nSPS) is 10.0. The Balaban J connectivity index is 2.06. The summed E-state index contributed by atoms with van der Waals surface area (Å²) in [7, 11) is 3.03. The number of carbonyl (C=O) groups is 1. The minimum Gasteiger partial charge on any atom is -0.494 e. The average Bonchev–Trinajstić information content (AvgIpc) is 2.52. The summed E-state index contributed by atoms with van der Waals surface area (Å²) in [4.78, 5) is 16.3. The van der Waals surface area contributed by atoms with Gasteiger partial charge in [-0.1, -0.05) is 12.1 Å². The zero-order chi connectivity index (χ0) is 15.2. The van der Waals surface area contributed by atoms with E-state index in [9.17, 15) is 4.79 Å². The third kappa shape index (κ3) is 3.42. The summed E-state index contributed by atoms with van der Waals surface area (Å²) < 4.78 is 10.1. The van der Waals surface area contributed by atoms with E-state index < -0.39 is 0 Å². The predicted octanol–water partition coefficient (Wildman–Crippen LogP) is 1.61. The fourth-order valence-electron chi connectivity index (χ4n) is 1.88. The van der Waals surface area contributed by atoms with E-state index >= 15 is 0 Å².